The van der Waals surface area contributed by atoms with Crippen molar-refractivity contribution >= 4 is 12.0 Å². The third-order valence-electron chi connectivity index (χ3n) is 3.83. The Bertz CT molecular complexity index is 615. The summed E-state index contributed by atoms with van der Waals surface area (Å²) in [6.45, 7) is 2.06. The zero-order valence-corrected chi connectivity index (χ0v) is 13.3. The Labute approximate surface area is 137 Å². The molecule has 23 heavy (non-hydrogen) atoms. The highest BCUT2D eigenvalue weighted by Crippen LogP contribution is 2.21. The van der Waals surface area contributed by atoms with Gasteiger partial charge in [0.1, 0.15) is 6.61 Å². The summed E-state index contributed by atoms with van der Waals surface area (Å²) in [6, 6.07) is 9.55. The lowest BCUT2D eigenvalue weighted by atomic mass is 10.0. The highest BCUT2D eigenvalue weighted by molar-refractivity contribution is 5.94. The number of hydrogen-bond acceptors (Lipinski definition) is 3. The molecule has 4 nitrogen and oxygen atoms in total. The van der Waals surface area contributed by atoms with Crippen LogP contribution in [0.1, 0.15) is 25.3 Å². The molecule has 1 fully saturated rings. The Kier molecular flexibility index (Phi) is 5.99. The molecule has 1 aromatic carbocycles. The number of benzene rings is 1. The lowest BCUT2D eigenvalue weighted by Crippen LogP contribution is -2.42. The van der Waals surface area contributed by atoms with Crippen molar-refractivity contribution in [2.75, 3.05) is 6.61 Å². The standard InChI is InChI=1S/C19H21NO3/c1-3-4-5-7-10-15(2)18(21)20-17(14-23-19(20)22)13-16-11-8-6-9-12-16/h1,5-9,11-12,15,17H,4,10,13-14H2,2H3/b7-5+/t15-,17+/m1/s1. The van der Waals surface area contributed by atoms with Gasteiger partial charge < -0.3 is 4.74 Å². The van der Waals surface area contributed by atoms with Gasteiger partial charge in [-0.2, -0.15) is 0 Å². The summed E-state index contributed by atoms with van der Waals surface area (Å²) in [5, 5.41) is 0. The van der Waals surface area contributed by atoms with Gasteiger partial charge in [-0.1, -0.05) is 49.4 Å². The molecule has 120 valence electrons. The second kappa shape index (κ2) is 8.19. The number of cyclic esters (lactones) is 1. The van der Waals surface area contributed by atoms with Crippen LogP contribution in [-0.4, -0.2) is 29.5 Å². The summed E-state index contributed by atoms with van der Waals surface area (Å²) in [7, 11) is 0. The SMILES string of the molecule is C#CC/C=C/C[C@@H](C)C(=O)N1C(=O)OC[C@@H]1Cc1ccccc1. The highest BCUT2D eigenvalue weighted by atomic mass is 16.6. The molecule has 0 saturated carbocycles. The molecule has 0 unspecified atom stereocenters. The molecular formula is C19H21NO3. The predicted molar refractivity (Wildman–Crippen MR) is 88.5 cm³/mol. The number of imide groups is 1. The lowest BCUT2D eigenvalue weighted by Gasteiger charge is -2.22. The van der Waals surface area contributed by atoms with E-state index < -0.39 is 6.09 Å². The normalized spacial score (nSPS) is 18.7. The number of allylic oxidation sites excluding steroid dienone is 2. The molecule has 0 bridgehead atoms. The summed E-state index contributed by atoms with van der Waals surface area (Å²) < 4.78 is 5.09. The number of carbonyl (C=O) groups excluding carboxylic acids is 2. The molecule has 0 aliphatic carbocycles. The summed E-state index contributed by atoms with van der Waals surface area (Å²) in [4.78, 5) is 25.8. The second-order valence-electron chi connectivity index (χ2n) is 5.65. The Balaban J connectivity index is 2.01. The molecule has 1 aromatic rings. The van der Waals surface area contributed by atoms with Crippen LogP contribution in [0, 0.1) is 18.3 Å². The van der Waals surface area contributed by atoms with Crippen LogP contribution < -0.4 is 0 Å². The Hall–Kier alpha value is -2.54. The van der Waals surface area contributed by atoms with Crippen molar-refractivity contribution in [2.45, 2.75) is 32.2 Å². The van der Waals surface area contributed by atoms with E-state index in [1.54, 1.807) is 0 Å². The van der Waals surface area contributed by atoms with Crippen LogP contribution in [0.2, 0.25) is 0 Å². The number of carbonyl (C=O) groups is 2. The molecule has 1 saturated heterocycles. The number of rotatable bonds is 6. The molecule has 0 spiro atoms. The fourth-order valence-corrected chi connectivity index (χ4v) is 2.56. The van der Waals surface area contributed by atoms with Crippen molar-refractivity contribution in [2.24, 2.45) is 5.92 Å². The fraction of sp³-hybridized carbons (Fsp3) is 0.368. The smallest absolute Gasteiger partial charge is 0.416 e. The van der Waals surface area contributed by atoms with E-state index in [1.165, 1.54) is 4.90 Å². The predicted octanol–water partition coefficient (Wildman–Crippen LogP) is 3.18. The minimum atomic E-state index is -0.546. The molecule has 1 aliphatic heterocycles. The first-order chi connectivity index (χ1) is 11.1. The molecule has 4 heteroatoms. The van der Waals surface area contributed by atoms with E-state index in [1.807, 2.05) is 49.4 Å². The van der Waals surface area contributed by atoms with Crippen molar-refractivity contribution < 1.29 is 14.3 Å². The van der Waals surface area contributed by atoms with E-state index in [2.05, 4.69) is 5.92 Å². The minimum absolute atomic E-state index is 0.196. The number of ether oxygens (including phenoxy) is 1. The van der Waals surface area contributed by atoms with Gasteiger partial charge in [0.2, 0.25) is 5.91 Å². The third-order valence-corrected chi connectivity index (χ3v) is 3.83. The van der Waals surface area contributed by atoms with E-state index >= 15 is 0 Å². The van der Waals surface area contributed by atoms with Crippen LogP contribution >= 0.6 is 0 Å². The molecule has 0 N–H and O–H groups in total. The van der Waals surface area contributed by atoms with E-state index in [9.17, 15) is 9.59 Å². The molecule has 1 heterocycles. The first kappa shape index (κ1) is 16.8. The Morgan fingerprint density at radius 2 is 2.17 bits per heavy atom. The summed E-state index contributed by atoms with van der Waals surface area (Å²) in [6.07, 6.45) is 10.1. The van der Waals surface area contributed by atoms with Crippen molar-refractivity contribution in [3.63, 3.8) is 0 Å². The monoisotopic (exact) mass is 311 g/mol. The first-order valence-electron chi connectivity index (χ1n) is 7.75. The molecular weight excluding hydrogens is 290 g/mol. The molecule has 0 aromatic heterocycles. The van der Waals surface area contributed by atoms with Gasteiger partial charge in [-0.25, -0.2) is 9.69 Å². The summed E-state index contributed by atoms with van der Waals surface area (Å²) in [5.41, 5.74) is 1.08. The summed E-state index contributed by atoms with van der Waals surface area (Å²) >= 11 is 0. The minimum Gasteiger partial charge on any atom is -0.447 e. The van der Waals surface area contributed by atoms with Crippen molar-refractivity contribution in [3.05, 3.63) is 48.0 Å². The maximum absolute atomic E-state index is 12.6. The van der Waals surface area contributed by atoms with Gasteiger partial charge in [-0.05, 0) is 18.4 Å². The largest absolute Gasteiger partial charge is 0.447 e. The van der Waals surface area contributed by atoms with Crippen LogP contribution in [0.4, 0.5) is 4.79 Å². The van der Waals surface area contributed by atoms with Crippen LogP contribution in [0.5, 0.6) is 0 Å². The zero-order chi connectivity index (χ0) is 16.7. The molecule has 2 atom stereocenters. The van der Waals surface area contributed by atoms with Crippen LogP contribution in [0.3, 0.4) is 0 Å². The average molecular weight is 311 g/mol. The second-order valence-corrected chi connectivity index (χ2v) is 5.65. The number of hydrogen-bond donors (Lipinski definition) is 0. The van der Waals surface area contributed by atoms with Gasteiger partial charge in [-0.15, -0.1) is 12.3 Å². The quantitative estimate of drug-likeness (QED) is 0.599. The van der Waals surface area contributed by atoms with E-state index in [4.69, 9.17) is 11.2 Å². The molecule has 1 aliphatic rings. The summed E-state index contributed by atoms with van der Waals surface area (Å²) in [5.74, 6) is 2.03. The van der Waals surface area contributed by atoms with Gasteiger partial charge in [0, 0.05) is 12.3 Å². The van der Waals surface area contributed by atoms with Crippen LogP contribution in [0.25, 0.3) is 0 Å². The number of terminal acetylenes is 1. The fourth-order valence-electron chi connectivity index (χ4n) is 2.56. The van der Waals surface area contributed by atoms with Crippen molar-refractivity contribution in [1.29, 1.82) is 0 Å². The van der Waals surface area contributed by atoms with E-state index in [-0.39, 0.29) is 24.5 Å². The van der Waals surface area contributed by atoms with Gasteiger partial charge in [0.25, 0.3) is 0 Å². The average Bonchev–Trinajstić information content (AvgIpc) is 2.92. The number of nitrogens with zero attached hydrogens (tertiary/aromatic N) is 1. The Morgan fingerprint density at radius 1 is 1.43 bits per heavy atom. The molecule has 0 radical (unpaired) electrons. The van der Waals surface area contributed by atoms with E-state index in [0.29, 0.717) is 19.3 Å². The topological polar surface area (TPSA) is 46.6 Å². The van der Waals surface area contributed by atoms with Crippen LogP contribution in [0.15, 0.2) is 42.5 Å². The van der Waals surface area contributed by atoms with Gasteiger partial charge in [0.05, 0.1) is 6.04 Å². The lowest BCUT2D eigenvalue weighted by molar-refractivity contribution is -0.132. The molecule has 2 amide bonds. The van der Waals surface area contributed by atoms with Crippen LogP contribution in [-0.2, 0) is 16.0 Å². The number of amides is 2. The maximum atomic E-state index is 12.6. The van der Waals surface area contributed by atoms with Crippen molar-refractivity contribution in [3.8, 4) is 12.3 Å². The third kappa shape index (κ3) is 4.46. The van der Waals surface area contributed by atoms with Gasteiger partial charge in [0.15, 0.2) is 0 Å². The Morgan fingerprint density at radius 3 is 2.87 bits per heavy atom. The maximum Gasteiger partial charge on any atom is 0.416 e. The van der Waals surface area contributed by atoms with E-state index in [0.717, 1.165) is 5.56 Å². The molecule has 2 rings (SSSR count). The van der Waals surface area contributed by atoms with Gasteiger partial charge in [-0.3, -0.25) is 4.79 Å². The highest BCUT2D eigenvalue weighted by Gasteiger charge is 2.39. The van der Waals surface area contributed by atoms with Gasteiger partial charge >= 0.3 is 6.09 Å². The van der Waals surface area contributed by atoms with Crippen molar-refractivity contribution in [1.82, 2.24) is 4.90 Å². The zero-order valence-electron chi connectivity index (χ0n) is 13.3. The first-order valence-corrected chi connectivity index (χ1v) is 7.75.